The van der Waals surface area contributed by atoms with E-state index in [1.807, 2.05) is 44.2 Å². The molecule has 1 aromatic heterocycles. The second-order valence-electron chi connectivity index (χ2n) is 9.86. The molecule has 1 aliphatic rings. The predicted octanol–water partition coefficient (Wildman–Crippen LogP) is 0.614. The van der Waals surface area contributed by atoms with E-state index in [1.165, 1.54) is 17.4 Å². The number of carbonyl (C=O) groups is 4. The van der Waals surface area contributed by atoms with E-state index in [4.69, 9.17) is 5.73 Å². The van der Waals surface area contributed by atoms with Gasteiger partial charge < -0.3 is 31.4 Å². The summed E-state index contributed by atoms with van der Waals surface area (Å²) >= 11 is 0. The van der Waals surface area contributed by atoms with Gasteiger partial charge in [0.25, 0.3) is 0 Å². The number of nitrogens with one attached hydrogen (secondary N) is 3. The van der Waals surface area contributed by atoms with Crippen LogP contribution in [0.3, 0.4) is 0 Å². The fourth-order valence-electron chi connectivity index (χ4n) is 4.52. The first-order valence-electron chi connectivity index (χ1n) is 12.6. The number of rotatable bonds is 12. The first kappa shape index (κ1) is 27.9. The van der Waals surface area contributed by atoms with Crippen molar-refractivity contribution in [1.29, 1.82) is 0 Å². The molecule has 11 heteroatoms. The zero-order valence-electron chi connectivity index (χ0n) is 21.2. The molecule has 2 aromatic rings. The van der Waals surface area contributed by atoms with Crippen molar-refractivity contribution >= 4 is 23.7 Å². The minimum absolute atomic E-state index is 0.0348. The van der Waals surface area contributed by atoms with Crippen molar-refractivity contribution < 1.29 is 24.3 Å². The highest BCUT2D eigenvalue weighted by atomic mass is 16.4. The molecule has 1 fully saturated rings. The van der Waals surface area contributed by atoms with Crippen molar-refractivity contribution in [1.82, 2.24) is 25.5 Å². The molecule has 200 valence electrons. The topological polar surface area (TPSA) is 171 Å². The molecule has 2 heterocycles. The van der Waals surface area contributed by atoms with Gasteiger partial charge in [0.15, 0.2) is 0 Å². The van der Waals surface area contributed by atoms with E-state index in [1.54, 1.807) is 0 Å². The average molecular weight is 513 g/mol. The summed E-state index contributed by atoms with van der Waals surface area (Å²) in [6.45, 7) is 4.23. The number of likely N-dealkylation sites (tertiary alicyclic amines) is 1. The molecule has 6 N–H and O–H groups in total. The fraction of sp³-hybridized carbons (Fsp3) is 0.500. The Morgan fingerprint density at radius 1 is 1.14 bits per heavy atom. The van der Waals surface area contributed by atoms with E-state index in [2.05, 4.69) is 20.6 Å². The maximum Gasteiger partial charge on any atom is 0.326 e. The third-order valence-corrected chi connectivity index (χ3v) is 6.39. The summed E-state index contributed by atoms with van der Waals surface area (Å²) in [4.78, 5) is 59.4. The third-order valence-electron chi connectivity index (χ3n) is 6.39. The van der Waals surface area contributed by atoms with Crippen LogP contribution in [0.5, 0.6) is 0 Å². The van der Waals surface area contributed by atoms with Crippen molar-refractivity contribution in [2.45, 2.75) is 70.1 Å². The Bertz CT molecular complexity index is 1060. The highest BCUT2D eigenvalue weighted by Crippen LogP contribution is 2.21. The number of H-pyrrole nitrogens is 1. The van der Waals surface area contributed by atoms with Crippen molar-refractivity contribution in [2.24, 2.45) is 11.7 Å². The predicted molar refractivity (Wildman–Crippen MR) is 136 cm³/mol. The minimum Gasteiger partial charge on any atom is -0.480 e. The van der Waals surface area contributed by atoms with Crippen LogP contribution in [0.2, 0.25) is 0 Å². The molecule has 3 amide bonds. The van der Waals surface area contributed by atoms with Gasteiger partial charge in [-0.2, -0.15) is 0 Å². The van der Waals surface area contributed by atoms with Crippen LogP contribution in [-0.4, -0.2) is 74.4 Å². The van der Waals surface area contributed by atoms with Crippen molar-refractivity contribution in [2.75, 3.05) is 6.54 Å². The van der Waals surface area contributed by atoms with Crippen LogP contribution < -0.4 is 16.4 Å². The van der Waals surface area contributed by atoms with Crippen LogP contribution in [0.25, 0.3) is 0 Å². The molecule has 1 aliphatic heterocycles. The van der Waals surface area contributed by atoms with E-state index in [9.17, 15) is 24.3 Å². The maximum atomic E-state index is 13.5. The Labute approximate surface area is 216 Å². The molecule has 4 unspecified atom stereocenters. The van der Waals surface area contributed by atoms with Gasteiger partial charge in [-0.1, -0.05) is 44.2 Å². The summed E-state index contributed by atoms with van der Waals surface area (Å²) in [7, 11) is 0. The van der Waals surface area contributed by atoms with Crippen LogP contribution in [-0.2, 0) is 32.0 Å². The molecule has 3 rings (SSSR count). The maximum absolute atomic E-state index is 13.5. The van der Waals surface area contributed by atoms with E-state index in [-0.39, 0.29) is 18.2 Å². The molecular weight excluding hydrogens is 476 g/mol. The zero-order chi connectivity index (χ0) is 26.9. The molecule has 0 radical (unpaired) electrons. The molecule has 0 bridgehead atoms. The quantitative estimate of drug-likeness (QED) is 0.277. The summed E-state index contributed by atoms with van der Waals surface area (Å²) in [6, 6.07) is 5.71. The number of benzene rings is 1. The minimum atomic E-state index is -1.18. The number of carbonyl (C=O) groups excluding carboxylic acids is 3. The largest absolute Gasteiger partial charge is 0.480 e. The normalized spacial score (nSPS) is 17.7. The first-order valence-corrected chi connectivity index (χ1v) is 12.6. The number of carboxylic acid groups (broad SMARTS) is 1. The van der Waals surface area contributed by atoms with Crippen LogP contribution >= 0.6 is 0 Å². The highest BCUT2D eigenvalue weighted by molar-refractivity contribution is 5.94. The smallest absolute Gasteiger partial charge is 0.326 e. The molecule has 37 heavy (non-hydrogen) atoms. The van der Waals surface area contributed by atoms with Gasteiger partial charge in [-0.05, 0) is 37.2 Å². The number of imidazole rings is 1. The molecular formula is C26H36N6O5. The Hall–Kier alpha value is -3.73. The lowest BCUT2D eigenvalue weighted by Crippen LogP contribution is -2.57. The SMILES string of the molecule is CC(C)CC(NC(=O)C(N)Cc1ccccc1)C(=O)N1CCCC1C(=O)NC(Cc1cnc[nH]1)C(=O)O. The van der Waals surface area contributed by atoms with E-state index < -0.39 is 42.0 Å². The number of nitrogens with zero attached hydrogens (tertiary/aromatic N) is 2. The van der Waals surface area contributed by atoms with Gasteiger partial charge in [-0.25, -0.2) is 9.78 Å². The summed E-state index contributed by atoms with van der Waals surface area (Å²) in [5, 5.41) is 15.0. The van der Waals surface area contributed by atoms with Gasteiger partial charge in [0.2, 0.25) is 17.7 Å². The monoisotopic (exact) mass is 512 g/mol. The molecule has 0 spiro atoms. The number of aromatic amines is 1. The number of aliphatic carboxylic acids is 1. The lowest BCUT2D eigenvalue weighted by atomic mass is 10.0. The average Bonchev–Trinajstić information content (AvgIpc) is 3.55. The Morgan fingerprint density at radius 2 is 1.86 bits per heavy atom. The van der Waals surface area contributed by atoms with Crippen molar-refractivity contribution in [3.63, 3.8) is 0 Å². The van der Waals surface area contributed by atoms with Crippen LogP contribution in [0.15, 0.2) is 42.9 Å². The number of carboxylic acids is 1. The molecule has 0 saturated carbocycles. The Balaban J connectivity index is 1.67. The lowest BCUT2D eigenvalue weighted by molar-refractivity contribution is -0.145. The molecule has 1 aromatic carbocycles. The third kappa shape index (κ3) is 7.88. The fourth-order valence-corrected chi connectivity index (χ4v) is 4.52. The van der Waals surface area contributed by atoms with Gasteiger partial charge in [0.1, 0.15) is 18.1 Å². The number of amides is 3. The van der Waals surface area contributed by atoms with Gasteiger partial charge in [0, 0.05) is 24.9 Å². The Morgan fingerprint density at radius 3 is 2.49 bits per heavy atom. The number of hydrogen-bond acceptors (Lipinski definition) is 6. The second kappa shape index (κ2) is 13.0. The van der Waals surface area contributed by atoms with Crippen LogP contribution in [0, 0.1) is 5.92 Å². The Kier molecular flexibility index (Phi) is 9.78. The van der Waals surface area contributed by atoms with Crippen molar-refractivity contribution in [3.05, 3.63) is 54.1 Å². The van der Waals surface area contributed by atoms with Crippen molar-refractivity contribution in [3.8, 4) is 0 Å². The number of nitrogens with two attached hydrogens (primary N) is 1. The molecule has 0 aliphatic carbocycles. The molecule has 11 nitrogen and oxygen atoms in total. The van der Waals surface area contributed by atoms with Crippen LogP contribution in [0.4, 0.5) is 0 Å². The molecule has 1 saturated heterocycles. The van der Waals surface area contributed by atoms with E-state index in [0.29, 0.717) is 37.9 Å². The van der Waals surface area contributed by atoms with Gasteiger partial charge in [-0.15, -0.1) is 0 Å². The summed E-state index contributed by atoms with van der Waals surface area (Å²) in [6.07, 6.45) is 4.67. The molecule has 4 atom stereocenters. The van der Waals surface area contributed by atoms with Gasteiger partial charge in [-0.3, -0.25) is 14.4 Å². The van der Waals surface area contributed by atoms with E-state index >= 15 is 0 Å². The first-order chi connectivity index (χ1) is 17.7. The van der Waals surface area contributed by atoms with Gasteiger partial charge in [0.05, 0.1) is 12.4 Å². The number of aromatic nitrogens is 2. The lowest BCUT2D eigenvalue weighted by Gasteiger charge is -2.30. The van der Waals surface area contributed by atoms with Crippen LogP contribution in [0.1, 0.15) is 44.4 Å². The second-order valence-corrected chi connectivity index (χ2v) is 9.86. The summed E-state index contributed by atoms with van der Waals surface area (Å²) in [5.41, 5.74) is 7.61. The highest BCUT2D eigenvalue weighted by Gasteiger charge is 2.39. The number of hydrogen-bond donors (Lipinski definition) is 5. The summed E-state index contributed by atoms with van der Waals surface area (Å²) < 4.78 is 0. The van der Waals surface area contributed by atoms with Gasteiger partial charge >= 0.3 is 5.97 Å². The standard InChI is InChI=1S/C26H36N6O5/c1-16(2)11-20(30-23(33)19(27)12-17-7-4-3-5-8-17)25(35)32-10-6-9-22(32)24(34)31-21(26(36)37)13-18-14-28-15-29-18/h3-5,7-8,14-16,19-22H,6,9-13,27H2,1-2H3,(H,28,29)(H,30,33)(H,31,34)(H,36,37). The van der Waals surface area contributed by atoms with E-state index in [0.717, 1.165) is 5.56 Å². The zero-order valence-corrected chi connectivity index (χ0v) is 21.2. The summed E-state index contributed by atoms with van der Waals surface area (Å²) in [5.74, 6) is -2.43.